The minimum Gasteiger partial charge on any atom is -0.438 e. The fraction of sp³-hybridized carbons (Fsp3) is 0.368. The molecule has 1 aliphatic rings. The van der Waals surface area contributed by atoms with Crippen LogP contribution in [0.5, 0.6) is 11.6 Å². The van der Waals surface area contributed by atoms with Gasteiger partial charge < -0.3 is 10.5 Å². The zero-order valence-electron chi connectivity index (χ0n) is 14.2. The summed E-state index contributed by atoms with van der Waals surface area (Å²) in [6, 6.07) is 7.59. The minimum atomic E-state index is -0.543. The van der Waals surface area contributed by atoms with E-state index in [9.17, 15) is 4.79 Å². The number of benzene rings is 1. The molecule has 1 saturated heterocycles. The Morgan fingerprint density at radius 3 is 2.54 bits per heavy atom. The first-order chi connectivity index (χ1) is 11.5. The van der Waals surface area contributed by atoms with Crippen LogP contribution in [0.25, 0.3) is 0 Å². The molecule has 2 heterocycles. The van der Waals surface area contributed by atoms with E-state index < -0.39 is 5.91 Å². The normalized spacial score (nSPS) is 14.8. The summed E-state index contributed by atoms with van der Waals surface area (Å²) in [6.45, 7) is 7.35. The summed E-state index contributed by atoms with van der Waals surface area (Å²) in [4.78, 5) is 18.1. The van der Waals surface area contributed by atoms with Crippen LogP contribution in [0.15, 0.2) is 30.5 Å². The average Bonchev–Trinajstić information content (AvgIpc) is 3.04. The lowest BCUT2D eigenvalue weighted by atomic mass is 10.1. The summed E-state index contributed by atoms with van der Waals surface area (Å²) in [5, 5.41) is 0. The van der Waals surface area contributed by atoms with Crippen LogP contribution in [0, 0.1) is 13.8 Å². The molecule has 1 aliphatic heterocycles. The van der Waals surface area contributed by atoms with Crippen molar-refractivity contribution in [3.8, 4) is 11.6 Å². The predicted octanol–water partition coefficient (Wildman–Crippen LogP) is 3.19. The number of aryl methyl sites for hydroxylation is 2. The van der Waals surface area contributed by atoms with E-state index >= 15 is 0 Å². The van der Waals surface area contributed by atoms with Crippen LogP contribution >= 0.6 is 0 Å². The Morgan fingerprint density at radius 2 is 1.92 bits per heavy atom. The van der Waals surface area contributed by atoms with Gasteiger partial charge in [0.05, 0.1) is 0 Å². The van der Waals surface area contributed by atoms with E-state index in [1.54, 1.807) is 18.3 Å². The second kappa shape index (κ2) is 7.01. The van der Waals surface area contributed by atoms with Gasteiger partial charge in [-0.2, -0.15) is 0 Å². The van der Waals surface area contributed by atoms with Crippen LogP contribution in [0.3, 0.4) is 0 Å². The zero-order valence-corrected chi connectivity index (χ0v) is 14.2. The lowest BCUT2D eigenvalue weighted by Gasteiger charge is -2.18. The van der Waals surface area contributed by atoms with E-state index in [0.717, 1.165) is 23.4 Å². The van der Waals surface area contributed by atoms with E-state index in [4.69, 9.17) is 10.5 Å². The fourth-order valence-electron chi connectivity index (χ4n) is 3.25. The maximum atomic E-state index is 11.5. The van der Waals surface area contributed by atoms with Crippen LogP contribution < -0.4 is 10.5 Å². The third-order valence-electron chi connectivity index (χ3n) is 4.36. The molecule has 0 radical (unpaired) electrons. The molecule has 5 heteroatoms. The smallest absolute Gasteiger partial charge is 0.254 e. The Bertz CT molecular complexity index is 729. The third-order valence-corrected chi connectivity index (χ3v) is 4.36. The van der Waals surface area contributed by atoms with Crippen molar-refractivity contribution >= 4 is 5.91 Å². The number of aromatic nitrogens is 1. The van der Waals surface area contributed by atoms with Crippen LogP contribution in [-0.4, -0.2) is 28.9 Å². The Hall–Kier alpha value is -2.40. The van der Waals surface area contributed by atoms with E-state index in [0.29, 0.717) is 0 Å². The van der Waals surface area contributed by atoms with E-state index in [2.05, 4.69) is 22.0 Å². The molecular formula is C19H23N3O2. The van der Waals surface area contributed by atoms with Gasteiger partial charge in [-0.25, -0.2) is 4.98 Å². The number of carbonyl (C=O) groups excluding carboxylic acids is 1. The lowest BCUT2D eigenvalue weighted by Crippen LogP contribution is -2.18. The van der Waals surface area contributed by atoms with E-state index in [-0.39, 0.29) is 11.4 Å². The van der Waals surface area contributed by atoms with Crippen molar-refractivity contribution in [2.75, 3.05) is 13.1 Å². The topological polar surface area (TPSA) is 68.4 Å². The van der Waals surface area contributed by atoms with Gasteiger partial charge in [-0.15, -0.1) is 0 Å². The number of likely N-dealkylation sites (tertiary alicyclic amines) is 1. The first-order valence-corrected chi connectivity index (χ1v) is 8.30. The lowest BCUT2D eigenvalue weighted by molar-refractivity contribution is 0.0997. The summed E-state index contributed by atoms with van der Waals surface area (Å²) in [5.41, 5.74) is 9.04. The first-order valence-electron chi connectivity index (χ1n) is 8.30. The number of hydrogen-bond donors (Lipinski definition) is 1. The molecule has 0 atom stereocenters. The molecule has 1 fully saturated rings. The van der Waals surface area contributed by atoms with Gasteiger partial charge >= 0.3 is 0 Å². The van der Waals surface area contributed by atoms with Gasteiger partial charge in [-0.1, -0.05) is 12.1 Å². The van der Waals surface area contributed by atoms with Gasteiger partial charge in [0.1, 0.15) is 11.3 Å². The number of hydrogen-bond acceptors (Lipinski definition) is 4. The molecule has 2 N–H and O–H groups in total. The average molecular weight is 325 g/mol. The molecule has 0 saturated carbocycles. The molecule has 126 valence electrons. The van der Waals surface area contributed by atoms with Crippen molar-refractivity contribution in [1.82, 2.24) is 9.88 Å². The van der Waals surface area contributed by atoms with Gasteiger partial charge in [0.15, 0.2) is 0 Å². The maximum Gasteiger partial charge on any atom is 0.254 e. The molecule has 0 bridgehead atoms. The summed E-state index contributed by atoms with van der Waals surface area (Å²) in [7, 11) is 0. The van der Waals surface area contributed by atoms with Crippen LogP contribution in [0.2, 0.25) is 0 Å². The molecule has 24 heavy (non-hydrogen) atoms. The molecule has 0 spiro atoms. The van der Waals surface area contributed by atoms with E-state index in [1.807, 2.05) is 13.8 Å². The highest BCUT2D eigenvalue weighted by molar-refractivity contribution is 5.95. The molecular weight excluding hydrogens is 302 g/mol. The van der Waals surface area contributed by atoms with Crippen molar-refractivity contribution in [2.45, 2.75) is 33.2 Å². The Balaban J connectivity index is 1.85. The Labute approximate surface area is 142 Å². The molecule has 2 aromatic rings. The highest BCUT2D eigenvalue weighted by Gasteiger charge is 2.16. The largest absolute Gasteiger partial charge is 0.438 e. The van der Waals surface area contributed by atoms with Gasteiger partial charge in [-0.3, -0.25) is 9.69 Å². The van der Waals surface area contributed by atoms with Crippen LogP contribution in [-0.2, 0) is 6.54 Å². The molecule has 1 aromatic carbocycles. The van der Waals surface area contributed by atoms with Gasteiger partial charge in [0.25, 0.3) is 5.91 Å². The third kappa shape index (κ3) is 3.57. The molecule has 5 nitrogen and oxygen atoms in total. The number of nitrogens with two attached hydrogens (primary N) is 1. The first kappa shape index (κ1) is 16.5. The quantitative estimate of drug-likeness (QED) is 0.916. The predicted molar refractivity (Wildman–Crippen MR) is 93.3 cm³/mol. The van der Waals surface area contributed by atoms with Crippen molar-refractivity contribution < 1.29 is 9.53 Å². The summed E-state index contributed by atoms with van der Waals surface area (Å²) in [5.74, 6) is 0.448. The standard InChI is InChI=1S/C19H23N3O2/c1-13-10-15(12-22-8-3-4-9-22)11-14(2)17(13)24-19-16(18(20)23)6-5-7-21-19/h5-7,10-11H,3-4,8-9,12H2,1-2H3,(H2,20,23). The fourth-order valence-corrected chi connectivity index (χ4v) is 3.25. The SMILES string of the molecule is Cc1cc(CN2CCCC2)cc(C)c1Oc1ncccc1C(N)=O. The number of pyridine rings is 1. The molecule has 0 aliphatic carbocycles. The number of carbonyl (C=O) groups is 1. The van der Waals surface area contributed by atoms with Crippen molar-refractivity contribution in [1.29, 1.82) is 0 Å². The zero-order chi connectivity index (χ0) is 17.1. The number of nitrogens with zero attached hydrogens (tertiary/aromatic N) is 2. The summed E-state index contributed by atoms with van der Waals surface area (Å²) >= 11 is 0. The number of amides is 1. The van der Waals surface area contributed by atoms with Gasteiger partial charge in [0.2, 0.25) is 5.88 Å². The second-order valence-corrected chi connectivity index (χ2v) is 6.36. The highest BCUT2D eigenvalue weighted by Crippen LogP contribution is 2.31. The van der Waals surface area contributed by atoms with Gasteiger partial charge in [-0.05, 0) is 68.6 Å². The Morgan fingerprint density at radius 1 is 1.25 bits per heavy atom. The summed E-state index contributed by atoms with van der Waals surface area (Å²) in [6.07, 6.45) is 4.16. The monoisotopic (exact) mass is 325 g/mol. The van der Waals surface area contributed by atoms with Crippen molar-refractivity contribution in [3.05, 3.63) is 52.7 Å². The maximum absolute atomic E-state index is 11.5. The highest BCUT2D eigenvalue weighted by atomic mass is 16.5. The van der Waals surface area contributed by atoms with E-state index in [1.165, 1.54) is 31.5 Å². The number of rotatable bonds is 5. The summed E-state index contributed by atoms with van der Waals surface area (Å²) < 4.78 is 5.93. The van der Waals surface area contributed by atoms with Gasteiger partial charge in [0, 0.05) is 12.7 Å². The second-order valence-electron chi connectivity index (χ2n) is 6.36. The Kier molecular flexibility index (Phi) is 4.81. The molecule has 0 unspecified atom stereocenters. The van der Waals surface area contributed by atoms with Crippen molar-refractivity contribution in [3.63, 3.8) is 0 Å². The molecule has 3 rings (SSSR count). The molecule has 1 aromatic heterocycles. The van der Waals surface area contributed by atoms with Crippen molar-refractivity contribution in [2.24, 2.45) is 5.73 Å². The van der Waals surface area contributed by atoms with Crippen LogP contribution in [0.1, 0.15) is 39.9 Å². The number of ether oxygens (including phenoxy) is 1. The molecule has 1 amide bonds. The van der Waals surface area contributed by atoms with Crippen LogP contribution in [0.4, 0.5) is 0 Å². The minimum absolute atomic E-state index is 0.253. The number of primary amides is 1.